The lowest BCUT2D eigenvalue weighted by Gasteiger charge is -2.30. The highest BCUT2D eigenvalue weighted by Crippen LogP contribution is 2.31. The van der Waals surface area contributed by atoms with E-state index in [-0.39, 0.29) is 0 Å². The molecule has 0 saturated carbocycles. The van der Waals surface area contributed by atoms with Crippen LogP contribution in [0.15, 0.2) is 55.4 Å². The Morgan fingerprint density at radius 2 is 1.78 bits per heavy atom. The van der Waals surface area contributed by atoms with Crippen LogP contribution in [0.25, 0.3) is 22.4 Å². The van der Waals surface area contributed by atoms with Gasteiger partial charge >= 0.3 is 6.18 Å². The van der Waals surface area contributed by atoms with Gasteiger partial charge in [-0.2, -0.15) is 13.2 Å². The molecule has 0 aliphatic carbocycles. The summed E-state index contributed by atoms with van der Waals surface area (Å²) in [6, 6.07) is 11.1. The number of imidazole rings is 1. The fourth-order valence-corrected chi connectivity index (χ4v) is 3.58. The summed E-state index contributed by atoms with van der Waals surface area (Å²) in [5.41, 5.74) is 3.25. The third kappa shape index (κ3) is 3.44. The molecular weight excluding hydrogens is 351 g/mol. The Hall–Kier alpha value is -2.76. The highest BCUT2D eigenvalue weighted by molar-refractivity contribution is 5.81. The number of hydrogen-bond acceptors (Lipinski definition) is 2. The Morgan fingerprint density at radius 1 is 1.00 bits per heavy atom. The lowest BCUT2D eigenvalue weighted by atomic mass is 10.1. The molecule has 0 unspecified atom stereocenters. The topological polar surface area (TPSA) is 21.1 Å². The van der Waals surface area contributed by atoms with Crippen molar-refractivity contribution < 1.29 is 13.2 Å². The van der Waals surface area contributed by atoms with Gasteiger partial charge in [0.15, 0.2) is 0 Å². The van der Waals surface area contributed by atoms with Crippen molar-refractivity contribution in [1.82, 2.24) is 14.5 Å². The van der Waals surface area contributed by atoms with E-state index in [9.17, 15) is 13.2 Å². The van der Waals surface area contributed by atoms with Gasteiger partial charge in [0.25, 0.3) is 0 Å². The molecule has 140 valence electrons. The van der Waals surface area contributed by atoms with Crippen molar-refractivity contribution in [3.8, 4) is 5.69 Å². The zero-order valence-corrected chi connectivity index (χ0v) is 14.8. The maximum Gasteiger partial charge on any atom is 0.416 e. The summed E-state index contributed by atoms with van der Waals surface area (Å²) in [7, 11) is 0. The predicted molar refractivity (Wildman–Crippen MR) is 101 cm³/mol. The van der Waals surface area contributed by atoms with E-state index in [4.69, 9.17) is 0 Å². The van der Waals surface area contributed by atoms with Crippen molar-refractivity contribution in [3.63, 3.8) is 0 Å². The largest absolute Gasteiger partial charge is 0.416 e. The third-order valence-corrected chi connectivity index (χ3v) is 5.07. The third-order valence-electron chi connectivity index (χ3n) is 5.07. The minimum atomic E-state index is -4.37. The normalized spacial score (nSPS) is 15.3. The molecule has 0 spiro atoms. The van der Waals surface area contributed by atoms with E-state index in [1.807, 2.05) is 18.2 Å². The van der Waals surface area contributed by atoms with Crippen LogP contribution in [0.1, 0.15) is 30.4 Å². The summed E-state index contributed by atoms with van der Waals surface area (Å²) in [5, 5.41) is 0. The molecule has 0 amide bonds. The number of aromatic nitrogens is 2. The first kappa shape index (κ1) is 17.6. The van der Waals surface area contributed by atoms with Crippen LogP contribution in [0, 0.1) is 0 Å². The van der Waals surface area contributed by atoms with Crippen molar-refractivity contribution in [2.75, 3.05) is 13.1 Å². The number of benzene rings is 2. The zero-order chi connectivity index (χ0) is 19.0. The Labute approximate surface area is 155 Å². The first-order valence-corrected chi connectivity index (χ1v) is 9.02. The van der Waals surface area contributed by atoms with Gasteiger partial charge in [-0.05, 0) is 55.2 Å². The van der Waals surface area contributed by atoms with Gasteiger partial charge in [-0.25, -0.2) is 4.98 Å². The quantitative estimate of drug-likeness (QED) is 0.606. The summed E-state index contributed by atoms with van der Waals surface area (Å²) >= 11 is 0. The number of nitrogens with zero attached hydrogens (tertiary/aromatic N) is 3. The highest BCUT2D eigenvalue weighted by atomic mass is 19.4. The van der Waals surface area contributed by atoms with E-state index in [0.717, 1.165) is 47.5 Å². The van der Waals surface area contributed by atoms with Crippen LogP contribution in [0.2, 0.25) is 0 Å². The molecule has 6 heteroatoms. The molecule has 2 heterocycles. The first-order chi connectivity index (χ1) is 12.9. The second kappa shape index (κ2) is 6.76. The second-order valence-electron chi connectivity index (χ2n) is 6.86. The molecule has 0 atom stereocenters. The minimum Gasteiger partial charge on any atom is -0.372 e. The summed E-state index contributed by atoms with van der Waals surface area (Å²) in [4.78, 5) is 6.68. The average molecular weight is 371 g/mol. The van der Waals surface area contributed by atoms with E-state index in [1.165, 1.54) is 25.3 Å². The fraction of sp³-hybridized carbons (Fsp3) is 0.286. The maximum absolute atomic E-state index is 13.0. The van der Waals surface area contributed by atoms with Gasteiger partial charge < -0.3 is 4.90 Å². The summed E-state index contributed by atoms with van der Waals surface area (Å²) in [5.74, 6) is 0. The molecule has 4 rings (SSSR count). The van der Waals surface area contributed by atoms with E-state index in [1.54, 1.807) is 17.0 Å². The molecule has 3 nitrogen and oxygen atoms in total. The van der Waals surface area contributed by atoms with Gasteiger partial charge in [0.05, 0.1) is 16.6 Å². The number of likely N-dealkylation sites (tertiary alicyclic amines) is 1. The summed E-state index contributed by atoms with van der Waals surface area (Å²) in [6.45, 7) is 6.24. The molecule has 1 saturated heterocycles. The zero-order valence-electron chi connectivity index (χ0n) is 14.8. The SMILES string of the molecule is C=C(c1ccc2c(c1)ncn2-c1cccc(C(F)(F)F)c1)N1CCCCC1. The van der Waals surface area contributed by atoms with Crippen molar-refractivity contribution in [2.24, 2.45) is 0 Å². The number of hydrogen-bond donors (Lipinski definition) is 0. The van der Waals surface area contributed by atoms with Gasteiger partial charge in [0.1, 0.15) is 6.33 Å². The Morgan fingerprint density at radius 3 is 2.52 bits per heavy atom. The van der Waals surface area contributed by atoms with Crippen LogP contribution >= 0.6 is 0 Å². The molecule has 0 radical (unpaired) electrons. The predicted octanol–water partition coefficient (Wildman–Crippen LogP) is 5.50. The van der Waals surface area contributed by atoms with Crippen molar-refractivity contribution in [1.29, 1.82) is 0 Å². The van der Waals surface area contributed by atoms with Gasteiger partial charge in [-0.3, -0.25) is 4.57 Å². The van der Waals surface area contributed by atoms with Crippen LogP contribution in [0.4, 0.5) is 13.2 Å². The maximum atomic E-state index is 13.0. The monoisotopic (exact) mass is 371 g/mol. The lowest BCUT2D eigenvalue weighted by molar-refractivity contribution is -0.137. The molecule has 1 aromatic heterocycles. The molecular formula is C21H20F3N3. The molecule has 27 heavy (non-hydrogen) atoms. The first-order valence-electron chi connectivity index (χ1n) is 9.02. The van der Waals surface area contributed by atoms with Crippen LogP contribution < -0.4 is 0 Å². The standard InChI is InChI=1S/C21H20F3N3/c1-15(26-10-3-2-4-11-26)16-8-9-20-19(12-16)25-14-27(20)18-7-5-6-17(13-18)21(22,23)24/h5-9,12-14H,1-4,10-11H2. The van der Waals surface area contributed by atoms with Crippen molar-refractivity contribution in [2.45, 2.75) is 25.4 Å². The smallest absolute Gasteiger partial charge is 0.372 e. The molecule has 0 N–H and O–H groups in total. The molecule has 1 aliphatic heterocycles. The molecule has 1 fully saturated rings. The summed E-state index contributed by atoms with van der Waals surface area (Å²) in [6.07, 6.45) is 0.792. The van der Waals surface area contributed by atoms with Gasteiger partial charge in [-0.15, -0.1) is 0 Å². The molecule has 3 aromatic rings. The number of halogens is 3. The van der Waals surface area contributed by atoms with Crippen molar-refractivity contribution in [3.05, 3.63) is 66.5 Å². The van der Waals surface area contributed by atoms with Gasteiger partial charge in [0, 0.05) is 24.5 Å². The van der Waals surface area contributed by atoms with Crippen molar-refractivity contribution >= 4 is 16.7 Å². The minimum absolute atomic E-state index is 0.440. The average Bonchev–Trinajstić information content (AvgIpc) is 3.11. The molecule has 1 aliphatic rings. The number of rotatable bonds is 3. The number of piperidine rings is 1. The number of alkyl halides is 3. The molecule has 2 aromatic carbocycles. The van der Waals surface area contributed by atoms with Crippen LogP contribution in [0.5, 0.6) is 0 Å². The lowest BCUT2D eigenvalue weighted by Crippen LogP contribution is -2.27. The van der Waals surface area contributed by atoms with E-state index >= 15 is 0 Å². The van der Waals surface area contributed by atoms with Crippen LogP contribution in [0.3, 0.4) is 0 Å². The van der Waals surface area contributed by atoms with E-state index < -0.39 is 11.7 Å². The fourth-order valence-electron chi connectivity index (χ4n) is 3.58. The Bertz CT molecular complexity index is 982. The number of fused-ring (bicyclic) bond motifs is 1. The second-order valence-corrected chi connectivity index (χ2v) is 6.86. The van der Waals surface area contributed by atoms with E-state index in [0.29, 0.717) is 5.69 Å². The summed E-state index contributed by atoms with van der Waals surface area (Å²) < 4.78 is 40.7. The van der Waals surface area contributed by atoms with Crippen LogP contribution in [-0.2, 0) is 6.18 Å². The van der Waals surface area contributed by atoms with Gasteiger partial charge in [-0.1, -0.05) is 18.7 Å². The van der Waals surface area contributed by atoms with Gasteiger partial charge in [0.2, 0.25) is 0 Å². The van der Waals surface area contributed by atoms with Crippen LogP contribution in [-0.4, -0.2) is 27.5 Å². The van der Waals surface area contributed by atoms with E-state index in [2.05, 4.69) is 16.5 Å². The molecule has 0 bridgehead atoms. The Balaban J connectivity index is 1.68. The Kier molecular flexibility index (Phi) is 4.42. The highest BCUT2D eigenvalue weighted by Gasteiger charge is 2.30.